The topological polar surface area (TPSA) is 54.3 Å². The van der Waals surface area contributed by atoms with Gasteiger partial charge in [0.15, 0.2) is 0 Å². The average Bonchev–Trinajstić information content (AvgIpc) is 2.98. The minimum absolute atomic E-state index is 0.126. The zero-order valence-corrected chi connectivity index (χ0v) is 17.5. The van der Waals surface area contributed by atoms with E-state index >= 15 is 0 Å². The van der Waals surface area contributed by atoms with Gasteiger partial charge in [0, 0.05) is 27.5 Å². The second kappa shape index (κ2) is 8.78. The lowest BCUT2D eigenvalue weighted by molar-refractivity contribution is -0.137. The SMILES string of the molecule is Cc1c(C2CCC(NSc3ccc(F)cc3)CC2)c2cc(F)ccc2n1CC(=O)O. The summed E-state index contributed by atoms with van der Waals surface area (Å²) in [6, 6.07) is 11.4. The Labute approximate surface area is 178 Å². The number of hydrogen-bond donors (Lipinski definition) is 2. The van der Waals surface area contributed by atoms with Gasteiger partial charge in [-0.2, -0.15) is 0 Å². The van der Waals surface area contributed by atoms with Crippen molar-refractivity contribution < 1.29 is 18.7 Å². The van der Waals surface area contributed by atoms with Crippen LogP contribution in [0.5, 0.6) is 0 Å². The van der Waals surface area contributed by atoms with Gasteiger partial charge in [0.2, 0.25) is 0 Å². The van der Waals surface area contributed by atoms with E-state index in [0.717, 1.165) is 52.7 Å². The number of rotatable bonds is 6. The maximum absolute atomic E-state index is 14.0. The summed E-state index contributed by atoms with van der Waals surface area (Å²) in [4.78, 5) is 12.3. The van der Waals surface area contributed by atoms with E-state index in [2.05, 4.69) is 4.72 Å². The lowest BCUT2D eigenvalue weighted by Gasteiger charge is -2.29. The summed E-state index contributed by atoms with van der Waals surface area (Å²) >= 11 is 1.52. The molecule has 0 unspecified atom stereocenters. The maximum atomic E-state index is 14.0. The Morgan fingerprint density at radius 3 is 2.43 bits per heavy atom. The molecular formula is C23H24F2N2O2S. The van der Waals surface area contributed by atoms with E-state index in [0.29, 0.717) is 6.04 Å². The fraction of sp³-hybridized carbons (Fsp3) is 0.348. The van der Waals surface area contributed by atoms with Crippen LogP contribution in [0.3, 0.4) is 0 Å². The van der Waals surface area contributed by atoms with Gasteiger partial charge < -0.3 is 9.67 Å². The Kier molecular flexibility index (Phi) is 6.11. The second-order valence-corrected chi connectivity index (χ2v) is 8.77. The number of nitrogens with zero attached hydrogens (tertiary/aromatic N) is 1. The fourth-order valence-corrected chi connectivity index (χ4v) is 5.30. The van der Waals surface area contributed by atoms with Crippen LogP contribution in [0, 0.1) is 18.6 Å². The number of aliphatic carboxylic acids is 1. The van der Waals surface area contributed by atoms with Gasteiger partial charge >= 0.3 is 5.97 Å². The van der Waals surface area contributed by atoms with Crippen LogP contribution < -0.4 is 4.72 Å². The molecule has 0 bridgehead atoms. The van der Waals surface area contributed by atoms with Crippen molar-refractivity contribution in [2.45, 2.75) is 56.0 Å². The van der Waals surface area contributed by atoms with Crippen molar-refractivity contribution in [3.05, 3.63) is 65.4 Å². The third-order valence-corrected chi connectivity index (χ3v) is 6.88. The molecule has 1 aromatic heterocycles. The van der Waals surface area contributed by atoms with Gasteiger partial charge in [0.1, 0.15) is 18.2 Å². The van der Waals surface area contributed by atoms with Gasteiger partial charge in [-0.05, 0) is 98.5 Å². The number of benzene rings is 2. The largest absolute Gasteiger partial charge is 0.480 e. The first-order chi connectivity index (χ1) is 14.4. The molecule has 4 nitrogen and oxygen atoms in total. The molecule has 1 aliphatic carbocycles. The Hall–Kier alpha value is -2.38. The summed E-state index contributed by atoms with van der Waals surface area (Å²) < 4.78 is 32.3. The molecule has 4 rings (SSSR count). The number of carbonyl (C=O) groups is 1. The average molecular weight is 431 g/mol. The van der Waals surface area contributed by atoms with Crippen LogP contribution in [0.15, 0.2) is 47.4 Å². The Morgan fingerprint density at radius 1 is 1.10 bits per heavy atom. The van der Waals surface area contributed by atoms with Crippen LogP contribution in [0.4, 0.5) is 8.78 Å². The van der Waals surface area contributed by atoms with Crippen molar-refractivity contribution in [1.29, 1.82) is 0 Å². The summed E-state index contributed by atoms with van der Waals surface area (Å²) in [6.07, 6.45) is 3.84. The first-order valence-corrected chi connectivity index (χ1v) is 10.9. The lowest BCUT2D eigenvalue weighted by atomic mass is 9.81. The minimum atomic E-state index is -0.906. The van der Waals surface area contributed by atoms with Crippen molar-refractivity contribution in [3.63, 3.8) is 0 Å². The molecule has 1 fully saturated rings. The van der Waals surface area contributed by atoms with Crippen LogP contribution in [-0.2, 0) is 11.3 Å². The van der Waals surface area contributed by atoms with E-state index in [1.807, 2.05) is 6.92 Å². The molecule has 2 N–H and O–H groups in total. The highest BCUT2D eigenvalue weighted by Gasteiger charge is 2.28. The van der Waals surface area contributed by atoms with Crippen LogP contribution in [0.1, 0.15) is 42.9 Å². The van der Waals surface area contributed by atoms with Gasteiger partial charge in [-0.3, -0.25) is 9.52 Å². The third-order valence-electron chi connectivity index (χ3n) is 5.92. The highest BCUT2D eigenvalue weighted by atomic mass is 32.2. The molecule has 0 aliphatic heterocycles. The van der Waals surface area contributed by atoms with E-state index in [9.17, 15) is 18.7 Å². The molecule has 1 saturated carbocycles. The van der Waals surface area contributed by atoms with Crippen molar-refractivity contribution >= 4 is 28.8 Å². The predicted molar refractivity (Wildman–Crippen MR) is 115 cm³/mol. The number of carboxylic acids is 1. The zero-order chi connectivity index (χ0) is 21.3. The monoisotopic (exact) mass is 430 g/mol. The van der Waals surface area contributed by atoms with Gasteiger partial charge in [-0.25, -0.2) is 8.78 Å². The Morgan fingerprint density at radius 2 is 1.77 bits per heavy atom. The Balaban J connectivity index is 1.49. The molecule has 2 aromatic carbocycles. The summed E-state index contributed by atoms with van der Waals surface area (Å²) in [5.41, 5.74) is 2.77. The third kappa shape index (κ3) is 4.37. The van der Waals surface area contributed by atoms with Crippen LogP contribution in [-0.4, -0.2) is 21.7 Å². The molecule has 158 valence electrons. The van der Waals surface area contributed by atoms with Crippen LogP contribution in [0.2, 0.25) is 0 Å². The van der Waals surface area contributed by atoms with Crippen molar-refractivity contribution in [1.82, 2.24) is 9.29 Å². The van der Waals surface area contributed by atoms with Gasteiger partial charge in [-0.15, -0.1) is 0 Å². The smallest absolute Gasteiger partial charge is 0.323 e. The fourth-order valence-electron chi connectivity index (χ4n) is 4.49. The number of fused-ring (bicyclic) bond motifs is 1. The van der Waals surface area contributed by atoms with E-state index in [-0.39, 0.29) is 24.1 Å². The quantitative estimate of drug-likeness (QED) is 0.497. The van der Waals surface area contributed by atoms with Crippen molar-refractivity contribution in [2.24, 2.45) is 0 Å². The number of nitrogens with one attached hydrogen (secondary N) is 1. The predicted octanol–water partition coefficient (Wildman–Crippen LogP) is 5.64. The van der Waals surface area contributed by atoms with E-state index in [1.54, 1.807) is 22.8 Å². The Bertz CT molecular complexity index is 1060. The van der Waals surface area contributed by atoms with Crippen molar-refractivity contribution in [3.8, 4) is 0 Å². The highest BCUT2D eigenvalue weighted by molar-refractivity contribution is 7.97. The summed E-state index contributed by atoms with van der Waals surface area (Å²) in [6.45, 7) is 1.81. The van der Waals surface area contributed by atoms with Crippen LogP contribution in [0.25, 0.3) is 10.9 Å². The zero-order valence-electron chi connectivity index (χ0n) is 16.7. The summed E-state index contributed by atoms with van der Waals surface area (Å²) in [5.74, 6) is -1.18. The molecular weight excluding hydrogens is 406 g/mol. The lowest BCUT2D eigenvalue weighted by Crippen LogP contribution is -2.28. The molecule has 0 spiro atoms. The van der Waals surface area contributed by atoms with E-state index in [1.165, 1.54) is 36.2 Å². The van der Waals surface area contributed by atoms with E-state index in [4.69, 9.17) is 0 Å². The molecule has 0 amide bonds. The van der Waals surface area contributed by atoms with Crippen LogP contribution >= 0.6 is 11.9 Å². The summed E-state index contributed by atoms with van der Waals surface area (Å²) in [5, 5.41) is 10.1. The van der Waals surface area contributed by atoms with Gasteiger partial charge in [0.05, 0.1) is 0 Å². The van der Waals surface area contributed by atoms with Gasteiger partial charge in [0.25, 0.3) is 0 Å². The first-order valence-electron chi connectivity index (χ1n) is 10.1. The first kappa shape index (κ1) is 20.9. The van der Waals surface area contributed by atoms with E-state index < -0.39 is 5.97 Å². The minimum Gasteiger partial charge on any atom is -0.480 e. The van der Waals surface area contributed by atoms with Crippen molar-refractivity contribution in [2.75, 3.05) is 0 Å². The highest BCUT2D eigenvalue weighted by Crippen LogP contribution is 2.40. The maximum Gasteiger partial charge on any atom is 0.323 e. The molecule has 0 atom stereocenters. The number of hydrogen-bond acceptors (Lipinski definition) is 3. The standard InChI is InChI=1S/C23H24F2N2O2S/c1-14-23(20-12-17(25)6-11-21(20)27(14)13-22(28)29)15-2-7-18(8-3-15)26-30-19-9-4-16(24)5-10-19/h4-6,9-12,15,18,26H,2-3,7-8,13H2,1H3,(H,28,29). The number of carboxylic acid groups (broad SMARTS) is 1. The molecule has 0 radical (unpaired) electrons. The molecule has 3 aromatic rings. The molecule has 7 heteroatoms. The number of halogens is 2. The van der Waals surface area contributed by atoms with Gasteiger partial charge in [-0.1, -0.05) is 0 Å². The molecule has 0 saturated heterocycles. The molecule has 1 aliphatic rings. The summed E-state index contributed by atoms with van der Waals surface area (Å²) in [7, 11) is 0. The number of aromatic nitrogens is 1. The molecule has 1 heterocycles. The second-order valence-electron chi connectivity index (χ2n) is 7.86. The molecule has 30 heavy (non-hydrogen) atoms. The normalized spacial score (nSPS) is 19.3.